The van der Waals surface area contributed by atoms with Crippen LogP contribution in [0.1, 0.15) is 25.7 Å². The molecule has 0 atom stereocenters. The number of hydrogen-bond donors (Lipinski definition) is 2. The summed E-state index contributed by atoms with van der Waals surface area (Å²) in [5.74, 6) is 0.365. The van der Waals surface area contributed by atoms with E-state index in [9.17, 15) is 4.79 Å². The molecule has 1 fully saturated rings. The summed E-state index contributed by atoms with van der Waals surface area (Å²) in [5, 5.41) is 4.25. The van der Waals surface area contributed by atoms with Gasteiger partial charge in [-0.3, -0.25) is 4.79 Å². The van der Waals surface area contributed by atoms with E-state index in [-0.39, 0.29) is 11.8 Å². The van der Waals surface area contributed by atoms with Gasteiger partial charge in [-0.2, -0.15) is 0 Å². The predicted octanol–water partition coefficient (Wildman–Crippen LogP) is 4.96. The average Bonchev–Trinajstić information content (AvgIpc) is 3.25. The van der Waals surface area contributed by atoms with Crippen molar-refractivity contribution in [1.82, 2.24) is 4.98 Å². The molecule has 1 amide bonds. The zero-order valence-electron chi connectivity index (χ0n) is 13.0. The molecule has 1 saturated carbocycles. The van der Waals surface area contributed by atoms with Crippen molar-refractivity contribution < 1.29 is 4.79 Å². The van der Waals surface area contributed by atoms with Crippen LogP contribution in [0, 0.1) is 5.92 Å². The van der Waals surface area contributed by atoms with Gasteiger partial charge >= 0.3 is 0 Å². The van der Waals surface area contributed by atoms with E-state index in [1.165, 1.54) is 18.2 Å². The fraction of sp³-hybridized carbons (Fsp3) is 0.250. The third-order valence-corrected chi connectivity index (χ3v) is 4.72. The molecule has 4 rings (SSSR count). The maximum Gasteiger partial charge on any atom is 0.227 e. The Bertz CT molecular complexity index is 793. The Morgan fingerprint density at radius 1 is 1.00 bits per heavy atom. The Kier molecular flexibility index (Phi) is 3.62. The summed E-state index contributed by atoms with van der Waals surface area (Å²) in [5.41, 5.74) is 4.24. The quantitative estimate of drug-likeness (QED) is 0.705. The molecule has 2 aromatic carbocycles. The summed E-state index contributed by atoms with van der Waals surface area (Å²) >= 11 is 0. The fourth-order valence-corrected chi connectivity index (χ4v) is 3.39. The molecule has 0 saturated heterocycles. The number of aromatic nitrogens is 1. The average molecular weight is 304 g/mol. The molecule has 1 aliphatic rings. The molecule has 2 N–H and O–H groups in total. The molecule has 0 spiro atoms. The van der Waals surface area contributed by atoms with E-state index in [0.717, 1.165) is 35.3 Å². The third kappa shape index (κ3) is 2.87. The Hall–Kier alpha value is -2.55. The summed E-state index contributed by atoms with van der Waals surface area (Å²) in [6.07, 6.45) is 4.41. The number of hydrogen-bond acceptors (Lipinski definition) is 1. The Balaban J connectivity index is 1.52. The van der Waals surface area contributed by atoms with Gasteiger partial charge < -0.3 is 10.3 Å². The van der Waals surface area contributed by atoms with Gasteiger partial charge in [-0.1, -0.05) is 43.2 Å². The molecule has 0 unspecified atom stereocenters. The standard InChI is InChI=1S/C20H20N2O/c23-20(15-5-1-2-6-15)21-17-11-9-14(10-12-17)19-13-16-7-3-4-8-18(16)22-19/h3-4,7-13,15,22H,1-2,5-6H2,(H,21,23). The summed E-state index contributed by atoms with van der Waals surface area (Å²) in [4.78, 5) is 15.6. The number of H-pyrrole nitrogens is 1. The molecular weight excluding hydrogens is 284 g/mol. The first kappa shape index (κ1) is 14.1. The lowest BCUT2D eigenvalue weighted by Gasteiger charge is -2.10. The van der Waals surface area contributed by atoms with Crippen LogP contribution in [0.25, 0.3) is 22.2 Å². The fourth-order valence-electron chi connectivity index (χ4n) is 3.39. The zero-order chi connectivity index (χ0) is 15.6. The smallest absolute Gasteiger partial charge is 0.227 e. The Labute approximate surface area is 135 Å². The van der Waals surface area contributed by atoms with Crippen LogP contribution >= 0.6 is 0 Å². The number of nitrogens with one attached hydrogen (secondary N) is 2. The molecular formula is C20H20N2O. The molecule has 3 aromatic rings. The van der Waals surface area contributed by atoms with E-state index in [0.29, 0.717) is 0 Å². The van der Waals surface area contributed by atoms with Crippen molar-refractivity contribution in [2.45, 2.75) is 25.7 Å². The molecule has 23 heavy (non-hydrogen) atoms. The molecule has 0 aliphatic heterocycles. The number of rotatable bonds is 3. The molecule has 3 heteroatoms. The van der Waals surface area contributed by atoms with Crippen molar-refractivity contribution >= 4 is 22.5 Å². The number of carbonyl (C=O) groups excluding carboxylic acids is 1. The van der Waals surface area contributed by atoms with E-state index < -0.39 is 0 Å². The molecule has 1 heterocycles. The van der Waals surface area contributed by atoms with E-state index in [2.05, 4.69) is 40.6 Å². The highest BCUT2D eigenvalue weighted by molar-refractivity contribution is 5.93. The predicted molar refractivity (Wildman–Crippen MR) is 94.3 cm³/mol. The van der Waals surface area contributed by atoms with Crippen LogP contribution in [-0.2, 0) is 4.79 Å². The number of fused-ring (bicyclic) bond motifs is 1. The van der Waals surface area contributed by atoms with Crippen molar-refractivity contribution in [3.8, 4) is 11.3 Å². The Morgan fingerprint density at radius 2 is 1.74 bits per heavy atom. The topological polar surface area (TPSA) is 44.9 Å². The summed E-state index contributed by atoms with van der Waals surface area (Å²) in [6, 6.07) is 18.5. The lowest BCUT2D eigenvalue weighted by atomic mass is 10.1. The van der Waals surface area contributed by atoms with Gasteiger partial charge in [-0.05, 0) is 42.7 Å². The van der Waals surface area contributed by atoms with Crippen molar-refractivity contribution in [3.63, 3.8) is 0 Å². The molecule has 116 valence electrons. The highest BCUT2D eigenvalue weighted by atomic mass is 16.1. The van der Waals surface area contributed by atoms with Gasteiger partial charge in [-0.15, -0.1) is 0 Å². The number of benzene rings is 2. The van der Waals surface area contributed by atoms with Crippen LogP contribution in [0.2, 0.25) is 0 Å². The van der Waals surface area contributed by atoms with Crippen molar-refractivity contribution in [1.29, 1.82) is 0 Å². The third-order valence-electron chi connectivity index (χ3n) is 4.72. The highest BCUT2D eigenvalue weighted by Crippen LogP contribution is 2.27. The minimum Gasteiger partial charge on any atom is -0.355 e. The van der Waals surface area contributed by atoms with Gasteiger partial charge in [0, 0.05) is 28.2 Å². The largest absolute Gasteiger partial charge is 0.355 e. The minimum absolute atomic E-state index is 0.167. The SMILES string of the molecule is O=C(Nc1ccc(-c2cc3ccccc3[nH]2)cc1)C1CCCC1. The number of carbonyl (C=O) groups is 1. The summed E-state index contributed by atoms with van der Waals surface area (Å²) in [6.45, 7) is 0. The Morgan fingerprint density at radius 3 is 2.48 bits per heavy atom. The molecule has 1 aromatic heterocycles. The van der Waals surface area contributed by atoms with Crippen LogP contribution in [0.5, 0.6) is 0 Å². The van der Waals surface area contributed by atoms with E-state index in [1.54, 1.807) is 0 Å². The normalized spacial score (nSPS) is 15.1. The second-order valence-electron chi connectivity index (χ2n) is 6.32. The minimum atomic E-state index is 0.167. The van der Waals surface area contributed by atoms with E-state index in [4.69, 9.17) is 0 Å². The first-order valence-corrected chi connectivity index (χ1v) is 8.29. The van der Waals surface area contributed by atoms with E-state index >= 15 is 0 Å². The van der Waals surface area contributed by atoms with E-state index in [1.807, 2.05) is 24.3 Å². The lowest BCUT2D eigenvalue weighted by Crippen LogP contribution is -2.20. The van der Waals surface area contributed by atoms with Crippen LogP contribution in [-0.4, -0.2) is 10.9 Å². The second-order valence-corrected chi connectivity index (χ2v) is 6.32. The second kappa shape index (κ2) is 5.92. The number of anilines is 1. The first-order valence-electron chi connectivity index (χ1n) is 8.29. The van der Waals surface area contributed by atoms with Crippen LogP contribution < -0.4 is 5.32 Å². The van der Waals surface area contributed by atoms with Crippen molar-refractivity contribution in [3.05, 3.63) is 54.6 Å². The molecule has 0 bridgehead atoms. The number of amides is 1. The molecule has 1 aliphatic carbocycles. The van der Waals surface area contributed by atoms with Crippen molar-refractivity contribution in [2.24, 2.45) is 5.92 Å². The van der Waals surface area contributed by atoms with Crippen LogP contribution in [0.15, 0.2) is 54.6 Å². The van der Waals surface area contributed by atoms with Gasteiger partial charge in [0.15, 0.2) is 0 Å². The summed E-state index contributed by atoms with van der Waals surface area (Å²) in [7, 11) is 0. The maximum absolute atomic E-state index is 12.2. The monoisotopic (exact) mass is 304 g/mol. The first-order chi connectivity index (χ1) is 11.3. The van der Waals surface area contributed by atoms with Gasteiger partial charge in [0.1, 0.15) is 0 Å². The van der Waals surface area contributed by atoms with Gasteiger partial charge in [0.25, 0.3) is 0 Å². The number of para-hydroxylation sites is 1. The van der Waals surface area contributed by atoms with Crippen LogP contribution in [0.4, 0.5) is 5.69 Å². The summed E-state index contributed by atoms with van der Waals surface area (Å²) < 4.78 is 0. The van der Waals surface area contributed by atoms with Crippen molar-refractivity contribution in [2.75, 3.05) is 5.32 Å². The lowest BCUT2D eigenvalue weighted by molar-refractivity contribution is -0.119. The molecule has 0 radical (unpaired) electrons. The molecule has 3 nitrogen and oxygen atoms in total. The van der Waals surface area contributed by atoms with Gasteiger partial charge in [0.2, 0.25) is 5.91 Å². The zero-order valence-corrected chi connectivity index (χ0v) is 13.0. The maximum atomic E-state index is 12.2. The van der Waals surface area contributed by atoms with Gasteiger partial charge in [-0.25, -0.2) is 0 Å². The highest BCUT2D eigenvalue weighted by Gasteiger charge is 2.22. The van der Waals surface area contributed by atoms with Crippen LogP contribution in [0.3, 0.4) is 0 Å². The van der Waals surface area contributed by atoms with Gasteiger partial charge in [0.05, 0.1) is 0 Å². The number of aromatic amines is 1.